The van der Waals surface area contributed by atoms with Crippen LogP contribution in [0.25, 0.3) is 0 Å². The Morgan fingerprint density at radius 2 is 2.24 bits per heavy atom. The van der Waals surface area contributed by atoms with E-state index in [9.17, 15) is 15.2 Å². The molecule has 8 heteroatoms. The summed E-state index contributed by atoms with van der Waals surface area (Å²) >= 11 is 0. The molecule has 3 rings (SSSR count). The number of nitro benzene ring substituents is 1. The van der Waals surface area contributed by atoms with Gasteiger partial charge in [0.25, 0.3) is 5.69 Å². The van der Waals surface area contributed by atoms with Crippen LogP contribution >= 0.6 is 0 Å². The maximum atomic E-state index is 10.9. The van der Waals surface area contributed by atoms with Crippen molar-refractivity contribution >= 4 is 11.6 Å². The van der Waals surface area contributed by atoms with Gasteiger partial charge in [0, 0.05) is 23.8 Å². The molecule has 110 valence electrons. The molecule has 21 heavy (non-hydrogen) atoms. The Hall–Kier alpha value is -2.06. The molecule has 0 saturated carbocycles. The van der Waals surface area contributed by atoms with Crippen LogP contribution in [0, 0.1) is 10.1 Å². The summed E-state index contributed by atoms with van der Waals surface area (Å²) in [6.45, 7) is 0.272. The first-order chi connectivity index (χ1) is 9.52. The van der Waals surface area contributed by atoms with E-state index in [4.69, 9.17) is 0 Å². The van der Waals surface area contributed by atoms with Gasteiger partial charge in [-0.3, -0.25) is 10.1 Å². The van der Waals surface area contributed by atoms with Crippen molar-refractivity contribution in [2.45, 2.75) is 12.3 Å². The van der Waals surface area contributed by atoms with Gasteiger partial charge in [0.15, 0.2) is 0 Å². The Kier molecular flexibility index (Phi) is 3.93. The van der Waals surface area contributed by atoms with Crippen molar-refractivity contribution in [3.8, 4) is 0 Å². The molecule has 1 aromatic carbocycles. The normalized spacial score (nSPS) is 19.8. The van der Waals surface area contributed by atoms with Crippen LogP contribution in [0.4, 0.5) is 11.6 Å². The van der Waals surface area contributed by atoms with Gasteiger partial charge in [0.2, 0.25) is 5.72 Å². The van der Waals surface area contributed by atoms with Crippen LogP contribution in [-0.2, 0) is 12.3 Å². The second-order valence-corrected chi connectivity index (χ2v) is 4.73. The summed E-state index contributed by atoms with van der Waals surface area (Å²) in [7, 11) is 1.71. The predicted molar refractivity (Wildman–Crippen MR) is 69.8 cm³/mol. The first-order valence-corrected chi connectivity index (χ1v) is 6.08. The Balaban J connectivity index is 0.00000161. The number of fused-ring (bicyclic) bond motifs is 1. The molecule has 1 N–H and O–H groups in total. The van der Waals surface area contributed by atoms with E-state index in [1.54, 1.807) is 40.9 Å². The number of nitrogens with zero attached hydrogens (tertiary/aromatic N) is 4. The number of non-ortho nitro benzene ring substituents is 1. The first-order valence-electron chi connectivity index (χ1n) is 6.08. The molecule has 0 fully saturated rings. The van der Waals surface area contributed by atoms with Crippen molar-refractivity contribution in [3.63, 3.8) is 0 Å². The predicted octanol–water partition coefficient (Wildman–Crippen LogP) is -2.42. The van der Waals surface area contributed by atoms with Gasteiger partial charge >= 0.3 is 5.95 Å². The van der Waals surface area contributed by atoms with Gasteiger partial charge in [-0.1, -0.05) is 17.1 Å². The largest absolute Gasteiger partial charge is 1.00 e. The molecular weight excluding hydrogens is 340 g/mol. The van der Waals surface area contributed by atoms with Crippen LogP contribution < -0.4 is 26.4 Å². The third-order valence-corrected chi connectivity index (χ3v) is 3.56. The van der Waals surface area contributed by atoms with Crippen LogP contribution in [0.3, 0.4) is 0 Å². The highest BCUT2D eigenvalue weighted by Crippen LogP contribution is 2.33. The van der Waals surface area contributed by atoms with Crippen molar-refractivity contribution in [3.05, 3.63) is 58.4 Å². The molecule has 0 amide bonds. The van der Waals surface area contributed by atoms with Gasteiger partial charge in [-0.05, 0) is 0 Å². The summed E-state index contributed by atoms with van der Waals surface area (Å²) in [5.74, 6) is 0.613. The van der Waals surface area contributed by atoms with Crippen LogP contribution in [0.5, 0.6) is 0 Å². The Morgan fingerprint density at radius 3 is 2.90 bits per heavy atom. The van der Waals surface area contributed by atoms with E-state index in [0.29, 0.717) is 11.5 Å². The lowest BCUT2D eigenvalue weighted by Crippen LogP contribution is -3.00. The molecule has 0 unspecified atom stereocenters. The lowest BCUT2D eigenvalue weighted by atomic mass is 10.0. The van der Waals surface area contributed by atoms with Crippen molar-refractivity contribution < 1.29 is 31.6 Å². The molecule has 1 aromatic heterocycles. The standard InChI is InChI=1S/C13H13N4O3.BrH/c1-15-12-14-6-3-7-16(12)9-13(15,18)10-4-2-5-11(8-10)17(19)20;/h2-8,18H,9H2,1H3;1H/q+1;/p-1/t13-;/m1./s1. The first kappa shape index (κ1) is 15.3. The maximum absolute atomic E-state index is 10.9. The quantitative estimate of drug-likeness (QED) is 0.369. The number of benzene rings is 1. The van der Waals surface area contributed by atoms with Gasteiger partial charge in [-0.2, -0.15) is 0 Å². The Morgan fingerprint density at radius 1 is 1.48 bits per heavy atom. The molecule has 7 nitrogen and oxygen atoms in total. The monoisotopic (exact) mass is 352 g/mol. The van der Waals surface area contributed by atoms with Crippen molar-refractivity contribution in [2.24, 2.45) is 0 Å². The van der Waals surface area contributed by atoms with Gasteiger partial charge in [0.1, 0.15) is 12.7 Å². The van der Waals surface area contributed by atoms with Crippen LogP contribution in [0.15, 0.2) is 42.7 Å². The summed E-state index contributed by atoms with van der Waals surface area (Å²) in [6, 6.07) is 7.82. The second-order valence-electron chi connectivity index (χ2n) is 4.73. The minimum atomic E-state index is -1.34. The number of anilines is 1. The van der Waals surface area contributed by atoms with E-state index < -0.39 is 10.6 Å². The lowest BCUT2D eigenvalue weighted by Gasteiger charge is -2.24. The van der Waals surface area contributed by atoms with Gasteiger partial charge in [-0.15, -0.1) is 0 Å². The zero-order valence-electron chi connectivity index (χ0n) is 11.2. The highest BCUT2D eigenvalue weighted by molar-refractivity contribution is 5.42. The fraction of sp³-hybridized carbons (Fsp3) is 0.231. The average Bonchev–Trinajstić information content (AvgIpc) is 2.72. The van der Waals surface area contributed by atoms with E-state index in [1.807, 2.05) is 6.20 Å². The van der Waals surface area contributed by atoms with Crippen LogP contribution in [0.1, 0.15) is 5.56 Å². The average molecular weight is 353 g/mol. The molecule has 0 aliphatic carbocycles. The highest BCUT2D eigenvalue weighted by atomic mass is 79.9. The number of likely N-dealkylation sites (N-methyl/N-ethyl adjacent to an activating group) is 1. The Bertz CT molecular complexity index is 697. The van der Waals surface area contributed by atoms with Crippen LogP contribution in [0.2, 0.25) is 0 Å². The molecule has 0 bridgehead atoms. The van der Waals surface area contributed by atoms with E-state index in [2.05, 4.69) is 4.98 Å². The molecule has 0 spiro atoms. The summed E-state index contributed by atoms with van der Waals surface area (Å²) in [5, 5.41) is 21.8. The number of aliphatic hydroxyl groups is 1. The van der Waals surface area contributed by atoms with Gasteiger partial charge in [-0.25, -0.2) is 9.47 Å². The fourth-order valence-electron chi connectivity index (χ4n) is 2.46. The number of hydrogen-bond acceptors (Lipinski definition) is 5. The van der Waals surface area contributed by atoms with Gasteiger partial charge < -0.3 is 22.1 Å². The zero-order valence-corrected chi connectivity index (χ0v) is 12.8. The van der Waals surface area contributed by atoms with E-state index in [0.717, 1.165) is 0 Å². The molecule has 2 aromatic rings. The lowest BCUT2D eigenvalue weighted by molar-refractivity contribution is -0.685. The third-order valence-electron chi connectivity index (χ3n) is 3.56. The fourth-order valence-corrected chi connectivity index (χ4v) is 2.46. The van der Waals surface area contributed by atoms with Crippen molar-refractivity contribution in [1.82, 2.24) is 4.98 Å². The summed E-state index contributed by atoms with van der Waals surface area (Å²) < 4.78 is 1.80. The van der Waals surface area contributed by atoms with Crippen molar-refractivity contribution in [1.29, 1.82) is 0 Å². The maximum Gasteiger partial charge on any atom is 0.396 e. The summed E-state index contributed by atoms with van der Waals surface area (Å²) in [6.07, 6.45) is 3.45. The molecule has 1 atom stereocenters. The molecule has 1 aliphatic rings. The number of halogens is 1. The molecule has 0 saturated heterocycles. The number of aromatic nitrogens is 2. The van der Waals surface area contributed by atoms with Gasteiger partial charge in [0.05, 0.1) is 18.2 Å². The number of hydrogen-bond donors (Lipinski definition) is 1. The van der Waals surface area contributed by atoms with E-state index in [1.165, 1.54) is 12.1 Å². The highest BCUT2D eigenvalue weighted by Gasteiger charge is 2.49. The number of nitro groups is 1. The molecule has 2 heterocycles. The van der Waals surface area contributed by atoms with Crippen LogP contribution in [-0.4, -0.2) is 22.1 Å². The minimum absolute atomic E-state index is 0. The molecular formula is C13H13BrN4O3. The molecule has 1 aliphatic heterocycles. The smallest absolute Gasteiger partial charge is 0.396 e. The molecule has 0 radical (unpaired) electrons. The topological polar surface area (TPSA) is 83.4 Å². The third kappa shape index (κ3) is 2.36. The number of rotatable bonds is 2. The second kappa shape index (κ2) is 5.38. The zero-order chi connectivity index (χ0) is 14.3. The SMILES string of the molecule is CN1c2nccc[n+]2C[C@@]1(O)c1cccc([N+](=O)[O-])c1.[Br-]. The van der Waals surface area contributed by atoms with E-state index >= 15 is 0 Å². The Labute approximate surface area is 131 Å². The minimum Gasteiger partial charge on any atom is -1.00 e. The summed E-state index contributed by atoms with van der Waals surface area (Å²) in [4.78, 5) is 16.2. The van der Waals surface area contributed by atoms with E-state index in [-0.39, 0.29) is 29.2 Å². The summed E-state index contributed by atoms with van der Waals surface area (Å²) in [5.41, 5.74) is -0.911. The van der Waals surface area contributed by atoms with Crippen molar-refractivity contribution in [2.75, 3.05) is 11.9 Å².